The number of nitrogens with zero attached hydrogens (tertiary/aromatic N) is 2. The Labute approximate surface area is 69.8 Å². The molecule has 60 valence electrons. The van der Waals surface area contributed by atoms with E-state index >= 15 is 0 Å². The third kappa shape index (κ3) is 1.54. The average Bonchev–Trinajstić information content (AvgIpc) is 2.30. The number of carbonyl (C=O) groups excluding carboxylic acids is 1. The molecule has 0 spiro atoms. The predicted molar refractivity (Wildman–Crippen MR) is 45.6 cm³/mol. The molecule has 1 heterocycles. The first-order valence-corrected chi connectivity index (χ1v) is 3.66. The number of aryl methyl sites for hydroxylation is 1. The standard InChI is InChI=1S/C6H9N3OS/c1-2-9-4(6(10)11)3-5(7)8-9/h3H,2H2,1H3,(H2,7,8)(H,10,11). The van der Waals surface area contributed by atoms with Crippen LogP contribution in [0.1, 0.15) is 17.4 Å². The molecule has 0 aromatic carbocycles. The van der Waals surface area contributed by atoms with Crippen LogP contribution < -0.4 is 5.73 Å². The maximum Gasteiger partial charge on any atom is 0.234 e. The van der Waals surface area contributed by atoms with E-state index in [-0.39, 0.29) is 5.12 Å². The van der Waals surface area contributed by atoms with Gasteiger partial charge in [-0.1, -0.05) is 12.6 Å². The molecule has 11 heavy (non-hydrogen) atoms. The Morgan fingerprint density at radius 2 is 2.55 bits per heavy atom. The summed E-state index contributed by atoms with van der Waals surface area (Å²) in [6.45, 7) is 2.51. The summed E-state index contributed by atoms with van der Waals surface area (Å²) in [5.74, 6) is 0.351. The fourth-order valence-corrected chi connectivity index (χ4v) is 1.03. The molecule has 0 unspecified atom stereocenters. The van der Waals surface area contributed by atoms with E-state index in [9.17, 15) is 4.79 Å². The second kappa shape index (κ2) is 2.96. The number of nitrogens with two attached hydrogens (primary N) is 1. The smallest absolute Gasteiger partial charge is 0.234 e. The van der Waals surface area contributed by atoms with Crippen molar-refractivity contribution < 1.29 is 4.79 Å². The van der Waals surface area contributed by atoms with Crippen LogP contribution in [0.3, 0.4) is 0 Å². The highest BCUT2D eigenvalue weighted by molar-refractivity contribution is 7.97. The molecule has 0 radical (unpaired) electrons. The van der Waals surface area contributed by atoms with Crippen LogP contribution in [0, 0.1) is 0 Å². The number of thiol groups is 1. The first kappa shape index (κ1) is 8.13. The normalized spacial score (nSPS) is 10.0. The number of rotatable bonds is 2. The second-order valence-corrected chi connectivity index (χ2v) is 2.48. The molecular formula is C6H9N3OS. The van der Waals surface area contributed by atoms with Crippen molar-refractivity contribution in [3.05, 3.63) is 11.8 Å². The van der Waals surface area contributed by atoms with Crippen LogP contribution in [-0.2, 0) is 6.54 Å². The summed E-state index contributed by atoms with van der Waals surface area (Å²) >= 11 is 3.67. The summed E-state index contributed by atoms with van der Waals surface area (Å²) in [5, 5.41) is 3.57. The molecule has 1 aromatic rings. The SMILES string of the molecule is CCn1nc(N)cc1C(=O)S. The minimum atomic E-state index is -0.309. The van der Waals surface area contributed by atoms with E-state index in [1.807, 2.05) is 6.92 Å². The van der Waals surface area contributed by atoms with Gasteiger partial charge in [0.2, 0.25) is 5.12 Å². The molecule has 1 aromatic heterocycles. The molecule has 1 rings (SSSR count). The Morgan fingerprint density at radius 3 is 2.91 bits per heavy atom. The van der Waals surface area contributed by atoms with Crippen molar-refractivity contribution in [1.82, 2.24) is 9.78 Å². The molecule has 0 saturated heterocycles. The third-order valence-electron chi connectivity index (χ3n) is 1.32. The fourth-order valence-electron chi connectivity index (χ4n) is 0.850. The lowest BCUT2D eigenvalue weighted by atomic mass is 10.4. The van der Waals surface area contributed by atoms with E-state index in [1.165, 1.54) is 10.7 Å². The molecular weight excluding hydrogens is 162 g/mol. The first-order valence-electron chi connectivity index (χ1n) is 3.21. The van der Waals surface area contributed by atoms with Crippen molar-refractivity contribution in [1.29, 1.82) is 0 Å². The van der Waals surface area contributed by atoms with Gasteiger partial charge in [-0.25, -0.2) is 0 Å². The maximum absolute atomic E-state index is 10.8. The molecule has 2 N–H and O–H groups in total. The molecule has 0 aliphatic carbocycles. The Hall–Kier alpha value is -0.970. The van der Waals surface area contributed by atoms with Crippen molar-refractivity contribution in [3.63, 3.8) is 0 Å². The topological polar surface area (TPSA) is 60.9 Å². The third-order valence-corrected chi connectivity index (χ3v) is 1.55. The van der Waals surface area contributed by atoms with Crippen molar-refractivity contribution in [2.75, 3.05) is 5.73 Å². The van der Waals surface area contributed by atoms with Gasteiger partial charge in [0.25, 0.3) is 0 Å². The van der Waals surface area contributed by atoms with Gasteiger partial charge in [0.1, 0.15) is 11.5 Å². The largest absolute Gasteiger partial charge is 0.382 e. The van der Waals surface area contributed by atoms with E-state index in [0.29, 0.717) is 18.1 Å². The monoisotopic (exact) mass is 171 g/mol. The van der Waals surface area contributed by atoms with Crippen molar-refractivity contribution >= 4 is 23.6 Å². The lowest BCUT2D eigenvalue weighted by molar-refractivity contribution is 0.108. The number of carbonyl (C=O) groups is 1. The maximum atomic E-state index is 10.8. The lowest BCUT2D eigenvalue weighted by Gasteiger charge is -1.97. The number of aromatic nitrogens is 2. The number of anilines is 1. The first-order chi connectivity index (χ1) is 5.15. The zero-order chi connectivity index (χ0) is 8.43. The summed E-state index contributed by atoms with van der Waals surface area (Å²) in [7, 11) is 0. The van der Waals surface area contributed by atoms with Gasteiger partial charge in [0, 0.05) is 12.6 Å². The molecule has 0 aliphatic rings. The van der Waals surface area contributed by atoms with E-state index in [0.717, 1.165) is 0 Å². The van der Waals surface area contributed by atoms with Crippen LogP contribution >= 0.6 is 12.6 Å². The lowest BCUT2D eigenvalue weighted by Crippen LogP contribution is -2.04. The molecule has 0 amide bonds. The van der Waals surface area contributed by atoms with Gasteiger partial charge >= 0.3 is 0 Å². The number of hydrogen-bond acceptors (Lipinski definition) is 3. The number of hydrogen-bond donors (Lipinski definition) is 2. The van der Waals surface area contributed by atoms with Gasteiger partial charge in [0.15, 0.2) is 0 Å². The zero-order valence-corrected chi connectivity index (χ0v) is 7.01. The fraction of sp³-hybridized carbons (Fsp3) is 0.333. The van der Waals surface area contributed by atoms with E-state index in [4.69, 9.17) is 5.73 Å². The quantitative estimate of drug-likeness (QED) is 0.639. The van der Waals surface area contributed by atoms with Crippen LogP contribution in [0.2, 0.25) is 0 Å². The Kier molecular flexibility index (Phi) is 2.19. The highest BCUT2D eigenvalue weighted by Gasteiger charge is 2.08. The van der Waals surface area contributed by atoms with E-state index < -0.39 is 0 Å². The van der Waals surface area contributed by atoms with Crippen LogP contribution in [0.15, 0.2) is 6.07 Å². The second-order valence-electron chi connectivity index (χ2n) is 2.08. The van der Waals surface area contributed by atoms with E-state index in [2.05, 4.69) is 17.7 Å². The van der Waals surface area contributed by atoms with Gasteiger partial charge < -0.3 is 5.73 Å². The average molecular weight is 171 g/mol. The highest BCUT2D eigenvalue weighted by atomic mass is 32.1. The Balaban J connectivity index is 3.12. The number of nitrogen functional groups attached to an aromatic ring is 1. The zero-order valence-electron chi connectivity index (χ0n) is 6.11. The summed E-state index contributed by atoms with van der Waals surface area (Å²) in [6, 6.07) is 1.51. The van der Waals surface area contributed by atoms with Gasteiger partial charge in [-0.3, -0.25) is 9.48 Å². The van der Waals surface area contributed by atoms with Gasteiger partial charge in [0.05, 0.1) is 0 Å². The Morgan fingerprint density at radius 1 is 1.91 bits per heavy atom. The van der Waals surface area contributed by atoms with Gasteiger partial charge in [-0.05, 0) is 6.92 Å². The molecule has 0 bridgehead atoms. The molecule has 4 nitrogen and oxygen atoms in total. The molecule has 0 aliphatic heterocycles. The molecule has 0 saturated carbocycles. The van der Waals surface area contributed by atoms with E-state index in [1.54, 1.807) is 0 Å². The molecule has 0 fully saturated rings. The van der Waals surface area contributed by atoms with Crippen LogP contribution in [-0.4, -0.2) is 14.9 Å². The van der Waals surface area contributed by atoms with Gasteiger partial charge in [-0.15, -0.1) is 0 Å². The van der Waals surface area contributed by atoms with Crippen molar-refractivity contribution in [2.45, 2.75) is 13.5 Å². The van der Waals surface area contributed by atoms with Crippen LogP contribution in [0.4, 0.5) is 5.82 Å². The summed E-state index contributed by atoms with van der Waals surface area (Å²) < 4.78 is 1.52. The summed E-state index contributed by atoms with van der Waals surface area (Å²) in [6.07, 6.45) is 0. The van der Waals surface area contributed by atoms with Crippen LogP contribution in [0.25, 0.3) is 0 Å². The van der Waals surface area contributed by atoms with Crippen LogP contribution in [0.5, 0.6) is 0 Å². The molecule has 0 atom stereocenters. The Bertz CT molecular complexity index is 281. The minimum Gasteiger partial charge on any atom is -0.382 e. The van der Waals surface area contributed by atoms with Gasteiger partial charge in [-0.2, -0.15) is 5.10 Å². The van der Waals surface area contributed by atoms with Crippen molar-refractivity contribution in [3.8, 4) is 0 Å². The summed E-state index contributed by atoms with van der Waals surface area (Å²) in [5.41, 5.74) is 5.81. The minimum absolute atomic E-state index is 0.309. The predicted octanol–water partition coefficient (Wildman–Crippen LogP) is 0.555. The highest BCUT2D eigenvalue weighted by Crippen LogP contribution is 2.08. The summed E-state index contributed by atoms with van der Waals surface area (Å²) in [4.78, 5) is 10.8. The van der Waals surface area contributed by atoms with Crippen molar-refractivity contribution in [2.24, 2.45) is 0 Å². The molecule has 5 heteroatoms.